The van der Waals surface area contributed by atoms with Crippen LogP contribution in [0.2, 0.25) is 0 Å². The number of carbonyl (C=O) groups excluding carboxylic acids is 3. The van der Waals surface area contributed by atoms with Crippen molar-refractivity contribution < 1.29 is 28.6 Å². The zero-order chi connectivity index (χ0) is 24.8. The van der Waals surface area contributed by atoms with E-state index < -0.39 is 12.2 Å². The lowest BCUT2D eigenvalue weighted by atomic mass is 10.1. The fourth-order valence-corrected chi connectivity index (χ4v) is 3.95. The highest BCUT2D eigenvalue weighted by Crippen LogP contribution is 2.23. The molecule has 3 rings (SSSR count). The van der Waals surface area contributed by atoms with Crippen LogP contribution in [0.25, 0.3) is 0 Å². The third-order valence-electron chi connectivity index (χ3n) is 5.84. The molecule has 2 fully saturated rings. The highest BCUT2D eigenvalue weighted by molar-refractivity contribution is 6.03. The number of nitrogens with two attached hydrogens (primary N) is 1. The molecule has 11 nitrogen and oxygen atoms in total. The molecule has 2 aliphatic heterocycles. The number of amidine groups is 1. The molecule has 2 amide bonds. The van der Waals surface area contributed by atoms with Crippen molar-refractivity contribution in [1.82, 2.24) is 9.80 Å². The summed E-state index contributed by atoms with van der Waals surface area (Å²) in [5, 5.41) is 0. The Bertz CT molecular complexity index is 911. The minimum atomic E-state index is -0.779. The molecule has 2 N–H and O–H groups in total. The summed E-state index contributed by atoms with van der Waals surface area (Å²) in [6.45, 7) is 9.66. The van der Waals surface area contributed by atoms with Crippen LogP contribution < -0.4 is 10.6 Å². The summed E-state index contributed by atoms with van der Waals surface area (Å²) < 4.78 is 15.4. The van der Waals surface area contributed by atoms with Crippen molar-refractivity contribution in [3.05, 3.63) is 29.8 Å². The van der Waals surface area contributed by atoms with Crippen molar-refractivity contribution in [2.24, 2.45) is 10.7 Å². The second-order valence-corrected chi connectivity index (χ2v) is 8.63. The van der Waals surface area contributed by atoms with Gasteiger partial charge in [-0.05, 0) is 45.0 Å². The predicted molar refractivity (Wildman–Crippen MR) is 126 cm³/mol. The molecule has 186 valence electrons. The first-order chi connectivity index (χ1) is 16.2. The number of carbonyl (C=O) groups is 3. The topological polar surface area (TPSA) is 127 Å². The molecule has 2 atom stereocenters. The first kappa shape index (κ1) is 25.4. The van der Waals surface area contributed by atoms with Gasteiger partial charge in [-0.3, -0.25) is 19.5 Å². The highest BCUT2D eigenvalue weighted by atomic mass is 16.6. The summed E-state index contributed by atoms with van der Waals surface area (Å²) >= 11 is 0. The molecule has 34 heavy (non-hydrogen) atoms. The van der Waals surface area contributed by atoms with Crippen molar-refractivity contribution in [3.63, 3.8) is 0 Å². The van der Waals surface area contributed by atoms with Gasteiger partial charge in [0.2, 0.25) is 0 Å². The van der Waals surface area contributed by atoms with Gasteiger partial charge in [-0.25, -0.2) is 9.59 Å². The maximum atomic E-state index is 12.5. The van der Waals surface area contributed by atoms with Crippen molar-refractivity contribution in [2.75, 3.05) is 51.3 Å². The second kappa shape index (κ2) is 11.3. The van der Waals surface area contributed by atoms with Gasteiger partial charge in [-0.2, -0.15) is 4.99 Å². The van der Waals surface area contributed by atoms with E-state index in [2.05, 4.69) is 19.5 Å². The average molecular weight is 476 g/mol. The van der Waals surface area contributed by atoms with Crippen LogP contribution in [0.3, 0.4) is 0 Å². The van der Waals surface area contributed by atoms with Crippen molar-refractivity contribution >= 4 is 29.7 Å². The fourth-order valence-electron chi connectivity index (χ4n) is 3.95. The van der Waals surface area contributed by atoms with Gasteiger partial charge in [0, 0.05) is 44.0 Å². The Morgan fingerprint density at radius 2 is 1.79 bits per heavy atom. The molecule has 2 unspecified atom stereocenters. The van der Waals surface area contributed by atoms with Crippen LogP contribution in [0.5, 0.6) is 0 Å². The van der Waals surface area contributed by atoms with Crippen molar-refractivity contribution in [2.45, 2.75) is 39.0 Å². The number of cyclic esters (lactones) is 1. The molecule has 0 spiro atoms. The van der Waals surface area contributed by atoms with Crippen LogP contribution in [-0.2, 0) is 19.0 Å². The SMILES string of the molecule is COC(=O)N=C(N)c1ccc(N2CC(CN3CCN(C(C)C(=O)OC(C)C)CC3)OC2=O)cc1. The summed E-state index contributed by atoms with van der Waals surface area (Å²) in [6.07, 6.45) is -1.57. The van der Waals surface area contributed by atoms with Crippen LogP contribution in [0, 0.1) is 0 Å². The zero-order valence-corrected chi connectivity index (χ0v) is 20.1. The highest BCUT2D eigenvalue weighted by Gasteiger charge is 2.35. The number of ether oxygens (including phenoxy) is 3. The van der Waals surface area contributed by atoms with Gasteiger partial charge < -0.3 is 19.9 Å². The van der Waals surface area contributed by atoms with E-state index in [4.69, 9.17) is 15.2 Å². The molecule has 0 radical (unpaired) electrons. The molecular formula is C23H33N5O6. The van der Waals surface area contributed by atoms with E-state index in [1.165, 1.54) is 7.11 Å². The summed E-state index contributed by atoms with van der Waals surface area (Å²) in [5.41, 5.74) is 7.02. The van der Waals surface area contributed by atoms with Crippen LogP contribution in [0.4, 0.5) is 15.3 Å². The number of nitrogens with zero attached hydrogens (tertiary/aromatic N) is 4. The number of rotatable bonds is 7. The van der Waals surface area contributed by atoms with Crippen molar-refractivity contribution in [3.8, 4) is 0 Å². The number of anilines is 1. The van der Waals surface area contributed by atoms with Gasteiger partial charge in [0.25, 0.3) is 0 Å². The summed E-state index contributed by atoms with van der Waals surface area (Å²) in [6, 6.07) is 6.55. The Morgan fingerprint density at radius 1 is 1.15 bits per heavy atom. The van der Waals surface area contributed by atoms with E-state index in [9.17, 15) is 14.4 Å². The number of amides is 2. The average Bonchev–Trinajstić information content (AvgIpc) is 3.18. The van der Waals surface area contributed by atoms with E-state index in [-0.39, 0.29) is 30.1 Å². The minimum absolute atomic E-state index is 0.0335. The predicted octanol–water partition coefficient (Wildman–Crippen LogP) is 1.44. The van der Waals surface area contributed by atoms with Crippen molar-refractivity contribution in [1.29, 1.82) is 0 Å². The Hall–Kier alpha value is -3.18. The molecule has 1 aromatic carbocycles. The first-order valence-corrected chi connectivity index (χ1v) is 11.4. The second-order valence-electron chi connectivity index (χ2n) is 8.63. The zero-order valence-electron chi connectivity index (χ0n) is 20.1. The Kier molecular flexibility index (Phi) is 8.46. The van der Waals surface area contributed by atoms with Crippen LogP contribution >= 0.6 is 0 Å². The molecule has 11 heteroatoms. The molecule has 2 heterocycles. The van der Waals surface area contributed by atoms with Gasteiger partial charge in [0.1, 0.15) is 18.0 Å². The Morgan fingerprint density at radius 3 is 2.38 bits per heavy atom. The third kappa shape index (κ3) is 6.45. The Balaban J connectivity index is 1.50. The van der Waals surface area contributed by atoms with Crippen LogP contribution in [-0.4, -0.2) is 98.4 Å². The number of benzene rings is 1. The molecule has 2 aliphatic rings. The van der Waals surface area contributed by atoms with E-state index in [0.717, 1.165) is 26.2 Å². The lowest BCUT2D eigenvalue weighted by Gasteiger charge is -2.37. The maximum Gasteiger partial charge on any atom is 0.435 e. The Labute approximate surface area is 199 Å². The van der Waals surface area contributed by atoms with E-state index in [0.29, 0.717) is 24.3 Å². The molecule has 0 aromatic heterocycles. The van der Waals surface area contributed by atoms with Gasteiger partial charge in [0.15, 0.2) is 0 Å². The van der Waals surface area contributed by atoms with E-state index in [1.54, 1.807) is 29.2 Å². The number of piperazine rings is 1. The molecule has 0 saturated carbocycles. The molecule has 0 aliphatic carbocycles. The van der Waals surface area contributed by atoms with Gasteiger partial charge in [0.05, 0.1) is 19.8 Å². The smallest absolute Gasteiger partial charge is 0.435 e. The summed E-state index contributed by atoms with van der Waals surface area (Å²) in [4.78, 5) is 45.4. The fraction of sp³-hybridized carbons (Fsp3) is 0.565. The van der Waals surface area contributed by atoms with Crippen LogP contribution in [0.15, 0.2) is 29.3 Å². The number of hydrogen-bond acceptors (Lipinski definition) is 8. The van der Waals surface area contributed by atoms with E-state index in [1.807, 2.05) is 20.8 Å². The molecule has 2 saturated heterocycles. The molecule has 0 bridgehead atoms. The lowest BCUT2D eigenvalue weighted by Crippen LogP contribution is -2.53. The summed E-state index contributed by atoms with van der Waals surface area (Å²) in [7, 11) is 1.22. The normalized spacial score (nSPS) is 20.9. The van der Waals surface area contributed by atoms with E-state index >= 15 is 0 Å². The number of esters is 1. The summed E-state index contributed by atoms with van der Waals surface area (Å²) in [5.74, 6) is -0.167. The maximum absolute atomic E-state index is 12.5. The lowest BCUT2D eigenvalue weighted by molar-refractivity contribution is -0.154. The molecular weight excluding hydrogens is 442 g/mol. The minimum Gasteiger partial charge on any atom is -0.462 e. The van der Waals surface area contributed by atoms with Gasteiger partial charge >= 0.3 is 18.2 Å². The van der Waals surface area contributed by atoms with Gasteiger partial charge in [-0.1, -0.05) is 0 Å². The first-order valence-electron chi connectivity index (χ1n) is 11.4. The van der Waals surface area contributed by atoms with Gasteiger partial charge in [-0.15, -0.1) is 0 Å². The number of methoxy groups -OCH3 is 1. The van der Waals surface area contributed by atoms with Crippen LogP contribution in [0.1, 0.15) is 26.3 Å². The third-order valence-corrected chi connectivity index (χ3v) is 5.84. The number of aliphatic imine (C=N–C) groups is 1. The standard InChI is InChI=1S/C23H33N5O6/c1-15(2)33-21(29)16(3)27-11-9-26(10-12-27)13-19-14-28(23(31)34-19)18-7-5-17(6-8-18)20(24)25-22(30)32-4/h5-8,15-16,19H,9-14H2,1-4H3,(H2,24,25,30). The quantitative estimate of drug-likeness (QED) is 0.270. The largest absolute Gasteiger partial charge is 0.462 e. The monoisotopic (exact) mass is 475 g/mol. The number of hydrogen-bond donors (Lipinski definition) is 1. The molecule has 1 aromatic rings.